The highest BCUT2D eigenvalue weighted by molar-refractivity contribution is 14.0. The highest BCUT2D eigenvalue weighted by atomic mass is 127. The Balaban J connectivity index is 0.00000300. The van der Waals surface area contributed by atoms with Crippen LogP contribution in [-0.4, -0.2) is 62.7 Å². The van der Waals surface area contributed by atoms with E-state index in [4.69, 9.17) is 4.74 Å². The first-order chi connectivity index (χ1) is 13.7. The molecule has 1 aromatic heterocycles. The number of guanidine groups is 1. The quantitative estimate of drug-likeness (QED) is 0.367. The summed E-state index contributed by atoms with van der Waals surface area (Å²) in [6, 6.07) is 14.4. The fourth-order valence-electron chi connectivity index (χ4n) is 3.52. The standard InChI is InChI=1S/C22H31N5O.HI/c1-18(19-7-9-20(28-3)10-8-19)11-13-25-22(23-2)27-16-14-26(15-17-27)21-6-4-5-12-24-21;/h4-10,12,18H,11,13-17H2,1-3H3,(H,23,25);1H. The molecule has 0 bridgehead atoms. The molecule has 1 aliphatic rings. The van der Waals surface area contributed by atoms with Crippen molar-refractivity contribution in [3.05, 3.63) is 54.2 Å². The third-order valence-electron chi connectivity index (χ3n) is 5.31. The zero-order chi connectivity index (χ0) is 19.8. The van der Waals surface area contributed by atoms with E-state index >= 15 is 0 Å². The van der Waals surface area contributed by atoms with E-state index in [1.807, 2.05) is 37.5 Å². The Bertz CT molecular complexity index is 746. The molecule has 0 saturated carbocycles. The third kappa shape index (κ3) is 6.48. The van der Waals surface area contributed by atoms with Gasteiger partial charge in [-0.1, -0.05) is 25.1 Å². The fraction of sp³-hybridized carbons (Fsp3) is 0.455. The van der Waals surface area contributed by atoms with Gasteiger partial charge in [-0.2, -0.15) is 0 Å². The van der Waals surface area contributed by atoms with Crippen LogP contribution < -0.4 is 15.0 Å². The van der Waals surface area contributed by atoms with Gasteiger partial charge < -0.3 is 19.9 Å². The van der Waals surface area contributed by atoms with Crippen LogP contribution in [0.4, 0.5) is 5.82 Å². The Labute approximate surface area is 191 Å². The number of methoxy groups -OCH3 is 1. The van der Waals surface area contributed by atoms with Crippen molar-refractivity contribution in [3.63, 3.8) is 0 Å². The van der Waals surface area contributed by atoms with Gasteiger partial charge >= 0.3 is 0 Å². The molecule has 1 aliphatic heterocycles. The SMILES string of the molecule is CN=C(NCCC(C)c1ccc(OC)cc1)N1CCN(c2ccccn2)CC1.I. The lowest BCUT2D eigenvalue weighted by Crippen LogP contribution is -2.52. The van der Waals surface area contributed by atoms with Gasteiger partial charge in [0, 0.05) is 46.0 Å². The Kier molecular flexibility index (Phi) is 9.50. The number of aliphatic imine (C=N–C) groups is 1. The van der Waals surface area contributed by atoms with Crippen molar-refractivity contribution in [2.24, 2.45) is 4.99 Å². The number of hydrogen-bond donors (Lipinski definition) is 1. The monoisotopic (exact) mass is 509 g/mol. The molecule has 2 heterocycles. The molecule has 1 saturated heterocycles. The Hall–Kier alpha value is -2.03. The van der Waals surface area contributed by atoms with Crippen LogP contribution >= 0.6 is 24.0 Å². The topological polar surface area (TPSA) is 53.0 Å². The van der Waals surface area contributed by atoms with Crippen LogP contribution in [0.2, 0.25) is 0 Å². The summed E-state index contributed by atoms with van der Waals surface area (Å²) in [5, 5.41) is 3.53. The van der Waals surface area contributed by atoms with Gasteiger partial charge in [-0.05, 0) is 42.2 Å². The molecule has 0 aliphatic carbocycles. The molecule has 6 nitrogen and oxygen atoms in total. The van der Waals surface area contributed by atoms with Crippen LogP contribution in [0.25, 0.3) is 0 Å². The van der Waals surface area contributed by atoms with Gasteiger partial charge in [0.15, 0.2) is 5.96 Å². The van der Waals surface area contributed by atoms with E-state index in [2.05, 4.69) is 50.2 Å². The summed E-state index contributed by atoms with van der Waals surface area (Å²) in [5.41, 5.74) is 1.33. The lowest BCUT2D eigenvalue weighted by Gasteiger charge is -2.37. The molecule has 1 N–H and O–H groups in total. The number of ether oxygens (including phenoxy) is 1. The van der Waals surface area contributed by atoms with E-state index in [0.717, 1.165) is 56.7 Å². The van der Waals surface area contributed by atoms with E-state index in [1.165, 1.54) is 5.56 Å². The molecule has 2 aromatic rings. The molecule has 29 heavy (non-hydrogen) atoms. The molecule has 1 unspecified atom stereocenters. The second kappa shape index (κ2) is 11.8. The minimum atomic E-state index is 0. The van der Waals surface area contributed by atoms with Gasteiger partial charge in [0.1, 0.15) is 11.6 Å². The first kappa shape index (κ1) is 23.3. The Morgan fingerprint density at radius 2 is 1.86 bits per heavy atom. The van der Waals surface area contributed by atoms with E-state index in [1.54, 1.807) is 7.11 Å². The van der Waals surface area contributed by atoms with Gasteiger partial charge in [0.25, 0.3) is 0 Å². The van der Waals surface area contributed by atoms with Gasteiger partial charge in [-0.25, -0.2) is 4.98 Å². The van der Waals surface area contributed by atoms with Crippen molar-refractivity contribution in [3.8, 4) is 5.75 Å². The molecule has 1 aromatic carbocycles. The molecule has 0 spiro atoms. The average molecular weight is 509 g/mol. The minimum Gasteiger partial charge on any atom is -0.497 e. The van der Waals surface area contributed by atoms with E-state index in [0.29, 0.717) is 5.92 Å². The lowest BCUT2D eigenvalue weighted by molar-refractivity contribution is 0.371. The van der Waals surface area contributed by atoms with E-state index in [9.17, 15) is 0 Å². The largest absolute Gasteiger partial charge is 0.497 e. The number of hydrogen-bond acceptors (Lipinski definition) is 4. The second-order valence-corrected chi connectivity index (χ2v) is 7.10. The Morgan fingerprint density at radius 1 is 1.14 bits per heavy atom. The third-order valence-corrected chi connectivity index (χ3v) is 5.31. The number of benzene rings is 1. The smallest absolute Gasteiger partial charge is 0.193 e. The zero-order valence-corrected chi connectivity index (χ0v) is 19.9. The van der Waals surface area contributed by atoms with E-state index in [-0.39, 0.29) is 24.0 Å². The summed E-state index contributed by atoms with van der Waals surface area (Å²) in [5.74, 6) is 3.43. The van der Waals surface area contributed by atoms with Crippen molar-refractivity contribution >= 4 is 35.8 Å². The predicted octanol–water partition coefficient (Wildman–Crippen LogP) is 3.60. The molecule has 3 rings (SSSR count). The summed E-state index contributed by atoms with van der Waals surface area (Å²) in [4.78, 5) is 13.6. The van der Waals surface area contributed by atoms with Crippen LogP contribution in [-0.2, 0) is 0 Å². The molecule has 0 radical (unpaired) electrons. The van der Waals surface area contributed by atoms with Crippen LogP contribution in [0.5, 0.6) is 5.75 Å². The summed E-state index contributed by atoms with van der Waals surface area (Å²) < 4.78 is 5.24. The number of nitrogens with one attached hydrogen (secondary N) is 1. The maximum absolute atomic E-state index is 5.24. The number of nitrogens with zero attached hydrogens (tertiary/aromatic N) is 4. The normalized spacial score (nSPS) is 15.5. The summed E-state index contributed by atoms with van der Waals surface area (Å²) in [6.07, 6.45) is 2.91. The van der Waals surface area contributed by atoms with E-state index < -0.39 is 0 Å². The maximum Gasteiger partial charge on any atom is 0.193 e. The molecule has 1 atom stereocenters. The molecule has 158 valence electrons. The van der Waals surface area contributed by atoms with Gasteiger partial charge in [-0.3, -0.25) is 4.99 Å². The second-order valence-electron chi connectivity index (χ2n) is 7.10. The number of pyridine rings is 1. The maximum atomic E-state index is 5.24. The minimum absolute atomic E-state index is 0. The van der Waals surface area contributed by atoms with Crippen LogP contribution in [0, 0.1) is 0 Å². The highest BCUT2D eigenvalue weighted by Gasteiger charge is 2.20. The molecule has 7 heteroatoms. The van der Waals surface area contributed by atoms with Crippen molar-refractivity contribution < 1.29 is 4.74 Å². The van der Waals surface area contributed by atoms with Crippen molar-refractivity contribution in [1.82, 2.24) is 15.2 Å². The van der Waals surface area contributed by atoms with Crippen LogP contribution in [0.3, 0.4) is 0 Å². The average Bonchev–Trinajstić information content (AvgIpc) is 2.77. The molecular formula is C22H32IN5O. The number of rotatable bonds is 6. The number of aromatic nitrogens is 1. The molecular weight excluding hydrogens is 477 g/mol. The zero-order valence-electron chi connectivity index (χ0n) is 17.5. The Morgan fingerprint density at radius 3 is 2.45 bits per heavy atom. The fourth-order valence-corrected chi connectivity index (χ4v) is 3.52. The lowest BCUT2D eigenvalue weighted by atomic mass is 9.98. The van der Waals surface area contributed by atoms with Crippen molar-refractivity contribution in [2.75, 3.05) is 51.8 Å². The van der Waals surface area contributed by atoms with Crippen LogP contribution in [0.15, 0.2) is 53.7 Å². The highest BCUT2D eigenvalue weighted by Crippen LogP contribution is 2.21. The number of anilines is 1. The molecule has 1 fully saturated rings. The number of piperazine rings is 1. The van der Waals surface area contributed by atoms with Gasteiger partial charge in [0.2, 0.25) is 0 Å². The summed E-state index contributed by atoms with van der Waals surface area (Å²) >= 11 is 0. The summed E-state index contributed by atoms with van der Waals surface area (Å²) in [7, 11) is 3.56. The first-order valence-electron chi connectivity index (χ1n) is 9.96. The first-order valence-corrected chi connectivity index (χ1v) is 9.96. The summed E-state index contributed by atoms with van der Waals surface area (Å²) in [6.45, 7) is 6.98. The molecule has 0 amide bonds. The van der Waals surface area contributed by atoms with Crippen LogP contribution in [0.1, 0.15) is 24.8 Å². The predicted molar refractivity (Wildman–Crippen MR) is 131 cm³/mol. The number of halogens is 1. The van der Waals surface area contributed by atoms with Gasteiger partial charge in [0.05, 0.1) is 7.11 Å². The van der Waals surface area contributed by atoms with Crippen molar-refractivity contribution in [1.29, 1.82) is 0 Å². The van der Waals surface area contributed by atoms with Crippen molar-refractivity contribution in [2.45, 2.75) is 19.3 Å². The van der Waals surface area contributed by atoms with Gasteiger partial charge in [-0.15, -0.1) is 24.0 Å².